The van der Waals surface area contributed by atoms with Crippen LogP contribution in [0.15, 0.2) is 12.2 Å². The summed E-state index contributed by atoms with van der Waals surface area (Å²) in [4.78, 5) is 21.8. The molecule has 1 unspecified atom stereocenters. The van der Waals surface area contributed by atoms with Crippen molar-refractivity contribution in [3.8, 4) is 0 Å². The van der Waals surface area contributed by atoms with Gasteiger partial charge in [-0.3, -0.25) is 4.79 Å². The summed E-state index contributed by atoms with van der Waals surface area (Å²) in [6.45, 7) is 7.10. The monoisotopic (exact) mass is 212 g/mol. The number of hydrogen-bond acceptors (Lipinski definition) is 3. The Bertz CT molecular complexity index is 304. The molecule has 4 heteroatoms. The Labute approximate surface area is 88.9 Å². The molecule has 84 valence electrons. The first-order valence-corrected chi connectivity index (χ1v) is 4.95. The zero-order valence-corrected chi connectivity index (χ0v) is 9.08. The van der Waals surface area contributed by atoms with Gasteiger partial charge in [0, 0.05) is 5.57 Å². The minimum absolute atomic E-state index is 0.163. The predicted octanol–water partition coefficient (Wildman–Crippen LogP) is 1.75. The molecule has 15 heavy (non-hydrogen) atoms. The molecule has 1 atom stereocenters. The van der Waals surface area contributed by atoms with Gasteiger partial charge in [-0.1, -0.05) is 6.58 Å². The van der Waals surface area contributed by atoms with Crippen LogP contribution in [0.25, 0.3) is 0 Å². The smallest absolute Gasteiger partial charge is 0.330 e. The van der Waals surface area contributed by atoms with Crippen LogP contribution < -0.4 is 0 Å². The molecule has 0 aromatic carbocycles. The lowest BCUT2D eigenvalue weighted by Gasteiger charge is -2.10. The van der Waals surface area contributed by atoms with Gasteiger partial charge in [-0.2, -0.15) is 0 Å². The largest absolute Gasteiger partial charge is 0.478 e. The van der Waals surface area contributed by atoms with Crippen LogP contribution in [0.2, 0.25) is 0 Å². The highest BCUT2D eigenvalue weighted by Gasteiger charge is 2.41. The molecule has 0 bridgehead atoms. The molecule has 1 N–H and O–H groups in total. The maximum absolute atomic E-state index is 11.3. The van der Waals surface area contributed by atoms with E-state index in [0.29, 0.717) is 19.3 Å². The third kappa shape index (κ3) is 2.81. The molecule has 1 rings (SSSR count). The summed E-state index contributed by atoms with van der Waals surface area (Å²) in [5.41, 5.74) is -0.273. The van der Waals surface area contributed by atoms with Crippen LogP contribution in [-0.2, 0) is 14.3 Å². The maximum Gasteiger partial charge on any atom is 0.330 e. The van der Waals surface area contributed by atoms with Gasteiger partial charge in [0.05, 0.1) is 5.41 Å². The Balaban J connectivity index is 2.40. The normalized spacial score (nSPS) is 23.6. The topological polar surface area (TPSA) is 63.6 Å². The highest BCUT2D eigenvalue weighted by atomic mass is 16.6. The van der Waals surface area contributed by atoms with Gasteiger partial charge >= 0.3 is 11.9 Å². The molecule has 1 aliphatic heterocycles. The van der Waals surface area contributed by atoms with Crippen molar-refractivity contribution in [1.82, 2.24) is 0 Å². The number of cyclic esters (lactones) is 1. The molecule has 0 aromatic heterocycles. The molecule has 0 aromatic rings. The number of carbonyl (C=O) groups excluding carboxylic acids is 1. The first kappa shape index (κ1) is 11.8. The minimum Gasteiger partial charge on any atom is -0.478 e. The molecule has 1 aliphatic rings. The van der Waals surface area contributed by atoms with Gasteiger partial charge in [-0.25, -0.2) is 4.79 Å². The van der Waals surface area contributed by atoms with Crippen molar-refractivity contribution in [2.24, 2.45) is 5.41 Å². The van der Waals surface area contributed by atoms with Crippen LogP contribution in [-0.4, -0.2) is 23.1 Å². The molecule has 1 fully saturated rings. The summed E-state index contributed by atoms with van der Waals surface area (Å²) < 4.78 is 5.13. The van der Waals surface area contributed by atoms with Crippen molar-refractivity contribution in [3.63, 3.8) is 0 Å². The van der Waals surface area contributed by atoms with E-state index in [4.69, 9.17) is 9.84 Å². The third-order valence-corrected chi connectivity index (χ3v) is 2.63. The third-order valence-electron chi connectivity index (χ3n) is 2.63. The number of carboxylic acids is 1. The fourth-order valence-corrected chi connectivity index (χ4v) is 1.61. The first-order valence-electron chi connectivity index (χ1n) is 4.95. The Kier molecular flexibility index (Phi) is 3.17. The number of esters is 1. The summed E-state index contributed by atoms with van der Waals surface area (Å²) in [6, 6.07) is 0. The standard InChI is InChI=1S/C11H16O4/c1-7(9(12)13)4-5-8-6-11(2,3)10(14)15-8/h8H,1,4-6H2,2-3H3,(H,12,13). The molecular weight excluding hydrogens is 196 g/mol. The van der Waals surface area contributed by atoms with Crippen LogP contribution in [0.5, 0.6) is 0 Å². The predicted molar refractivity (Wildman–Crippen MR) is 54.3 cm³/mol. The second-order valence-electron chi connectivity index (χ2n) is 4.56. The number of aliphatic carboxylic acids is 1. The molecular formula is C11H16O4. The second-order valence-corrected chi connectivity index (χ2v) is 4.56. The van der Waals surface area contributed by atoms with Gasteiger partial charge in [-0.15, -0.1) is 0 Å². The SMILES string of the molecule is C=C(CCC1CC(C)(C)C(=O)O1)C(=O)O. The summed E-state index contributed by atoms with van der Waals surface area (Å²) in [7, 11) is 0. The van der Waals surface area contributed by atoms with E-state index >= 15 is 0 Å². The molecule has 1 saturated heterocycles. The zero-order chi connectivity index (χ0) is 11.6. The quantitative estimate of drug-likeness (QED) is 0.569. The highest BCUT2D eigenvalue weighted by molar-refractivity contribution is 5.85. The van der Waals surface area contributed by atoms with E-state index < -0.39 is 11.4 Å². The fourth-order valence-electron chi connectivity index (χ4n) is 1.61. The number of carboxylic acid groups (broad SMARTS) is 1. The lowest BCUT2D eigenvalue weighted by molar-refractivity contribution is -0.147. The summed E-state index contributed by atoms with van der Waals surface area (Å²) >= 11 is 0. The molecule has 0 radical (unpaired) electrons. The lowest BCUT2D eigenvalue weighted by Crippen LogP contribution is -2.16. The van der Waals surface area contributed by atoms with Crippen LogP contribution in [0.4, 0.5) is 0 Å². The van der Waals surface area contributed by atoms with Crippen molar-refractivity contribution in [2.45, 2.75) is 39.2 Å². The fraction of sp³-hybridized carbons (Fsp3) is 0.636. The first-order chi connectivity index (χ1) is 6.83. The second kappa shape index (κ2) is 4.04. The van der Waals surface area contributed by atoms with E-state index in [1.54, 1.807) is 0 Å². The minimum atomic E-state index is -0.987. The van der Waals surface area contributed by atoms with Gasteiger partial charge in [0.25, 0.3) is 0 Å². The number of rotatable bonds is 4. The van der Waals surface area contributed by atoms with E-state index in [1.165, 1.54) is 0 Å². The number of hydrogen-bond donors (Lipinski definition) is 1. The Morgan fingerprint density at radius 3 is 2.67 bits per heavy atom. The Morgan fingerprint density at radius 1 is 1.67 bits per heavy atom. The highest BCUT2D eigenvalue weighted by Crippen LogP contribution is 2.35. The summed E-state index contributed by atoms with van der Waals surface area (Å²) in [5.74, 6) is -1.19. The van der Waals surface area contributed by atoms with Gasteiger partial charge in [0.15, 0.2) is 0 Å². The van der Waals surface area contributed by atoms with Crippen LogP contribution >= 0.6 is 0 Å². The van der Waals surface area contributed by atoms with Gasteiger partial charge < -0.3 is 9.84 Å². The van der Waals surface area contributed by atoms with E-state index in [0.717, 1.165) is 0 Å². The van der Waals surface area contributed by atoms with E-state index in [1.807, 2.05) is 13.8 Å². The Morgan fingerprint density at radius 2 is 2.27 bits per heavy atom. The van der Waals surface area contributed by atoms with E-state index in [-0.39, 0.29) is 17.6 Å². The maximum atomic E-state index is 11.3. The van der Waals surface area contributed by atoms with Gasteiger partial charge in [0.1, 0.15) is 6.10 Å². The molecule has 0 amide bonds. The van der Waals surface area contributed by atoms with Crippen molar-refractivity contribution in [1.29, 1.82) is 0 Å². The van der Waals surface area contributed by atoms with Crippen molar-refractivity contribution < 1.29 is 19.4 Å². The van der Waals surface area contributed by atoms with Gasteiger partial charge in [0.2, 0.25) is 0 Å². The van der Waals surface area contributed by atoms with Crippen molar-refractivity contribution >= 4 is 11.9 Å². The van der Waals surface area contributed by atoms with Crippen molar-refractivity contribution in [3.05, 3.63) is 12.2 Å². The number of carbonyl (C=O) groups is 2. The van der Waals surface area contributed by atoms with Crippen LogP contribution in [0.3, 0.4) is 0 Å². The number of ether oxygens (including phenoxy) is 1. The average molecular weight is 212 g/mol. The molecule has 0 spiro atoms. The van der Waals surface area contributed by atoms with Crippen LogP contribution in [0, 0.1) is 5.41 Å². The molecule has 1 heterocycles. The van der Waals surface area contributed by atoms with Gasteiger partial charge in [-0.05, 0) is 33.1 Å². The molecule has 4 nitrogen and oxygen atoms in total. The van der Waals surface area contributed by atoms with Crippen LogP contribution in [0.1, 0.15) is 33.1 Å². The summed E-state index contributed by atoms with van der Waals surface area (Å²) in [5, 5.41) is 8.60. The summed E-state index contributed by atoms with van der Waals surface area (Å²) in [6.07, 6.45) is 1.39. The lowest BCUT2D eigenvalue weighted by atomic mass is 9.88. The average Bonchev–Trinajstić information content (AvgIpc) is 2.36. The molecule has 0 saturated carbocycles. The zero-order valence-electron chi connectivity index (χ0n) is 9.08. The van der Waals surface area contributed by atoms with E-state index in [9.17, 15) is 9.59 Å². The van der Waals surface area contributed by atoms with E-state index in [2.05, 4.69) is 6.58 Å². The Hall–Kier alpha value is -1.32. The van der Waals surface area contributed by atoms with Crippen molar-refractivity contribution in [2.75, 3.05) is 0 Å². The molecule has 0 aliphatic carbocycles.